The minimum Gasteiger partial charge on any atom is -0.508 e. The van der Waals surface area contributed by atoms with Crippen molar-refractivity contribution in [1.82, 2.24) is 25.6 Å². The Morgan fingerprint density at radius 3 is 3.00 bits per heavy atom. The summed E-state index contributed by atoms with van der Waals surface area (Å²) in [6.07, 6.45) is 1.50. The van der Waals surface area contributed by atoms with E-state index >= 15 is 0 Å². The van der Waals surface area contributed by atoms with Crippen molar-refractivity contribution < 1.29 is 9.63 Å². The second-order valence-electron chi connectivity index (χ2n) is 3.33. The topological polar surface area (TPSA) is 101 Å². The summed E-state index contributed by atoms with van der Waals surface area (Å²) >= 11 is 0. The summed E-state index contributed by atoms with van der Waals surface area (Å²) in [7, 11) is 0. The summed E-state index contributed by atoms with van der Waals surface area (Å²) in [6, 6.07) is 6.57. The number of nitrogens with zero attached hydrogens (tertiary/aromatic N) is 4. The third-order valence-electron chi connectivity index (χ3n) is 2.16. The van der Waals surface area contributed by atoms with E-state index in [1.165, 1.54) is 6.20 Å². The molecule has 0 saturated carbocycles. The van der Waals surface area contributed by atoms with Gasteiger partial charge in [-0.05, 0) is 18.2 Å². The number of aromatic amines is 1. The van der Waals surface area contributed by atoms with Crippen LogP contribution < -0.4 is 0 Å². The van der Waals surface area contributed by atoms with Crippen LogP contribution in [0.2, 0.25) is 0 Å². The van der Waals surface area contributed by atoms with Gasteiger partial charge in [0.25, 0.3) is 5.89 Å². The molecule has 7 heteroatoms. The molecule has 0 fully saturated rings. The van der Waals surface area contributed by atoms with E-state index in [1.807, 2.05) is 0 Å². The van der Waals surface area contributed by atoms with Crippen LogP contribution >= 0.6 is 0 Å². The van der Waals surface area contributed by atoms with Gasteiger partial charge in [0, 0.05) is 5.56 Å². The van der Waals surface area contributed by atoms with Crippen LogP contribution in [0.1, 0.15) is 0 Å². The highest BCUT2D eigenvalue weighted by Crippen LogP contribution is 2.23. The van der Waals surface area contributed by atoms with E-state index < -0.39 is 0 Å². The van der Waals surface area contributed by atoms with Crippen molar-refractivity contribution in [2.24, 2.45) is 0 Å². The van der Waals surface area contributed by atoms with Gasteiger partial charge in [0.1, 0.15) is 5.75 Å². The highest BCUT2D eigenvalue weighted by molar-refractivity contribution is 5.58. The normalized spacial score (nSPS) is 10.6. The number of phenolic OH excluding ortho intramolecular Hbond substituents is 1. The predicted molar refractivity (Wildman–Crippen MR) is 56.8 cm³/mol. The van der Waals surface area contributed by atoms with Gasteiger partial charge in [0.2, 0.25) is 5.82 Å². The average Bonchev–Trinajstić information content (AvgIpc) is 3.00. The quantitative estimate of drug-likeness (QED) is 0.685. The Balaban J connectivity index is 2.01. The third kappa shape index (κ3) is 1.73. The molecule has 0 amide bonds. The standard InChI is InChI=1S/C10H7N5O2/c16-7-3-1-2-6(4-7)10-12-9(14-17-10)8-5-11-15-13-8/h1-5,16H,(H,11,13,15). The minimum absolute atomic E-state index is 0.142. The first kappa shape index (κ1) is 9.52. The van der Waals surface area contributed by atoms with E-state index in [4.69, 9.17) is 4.52 Å². The fraction of sp³-hybridized carbons (Fsp3) is 0. The largest absolute Gasteiger partial charge is 0.508 e. The molecule has 3 aromatic rings. The molecule has 0 unspecified atom stereocenters. The van der Waals surface area contributed by atoms with E-state index in [9.17, 15) is 5.11 Å². The number of aromatic hydroxyl groups is 1. The lowest BCUT2D eigenvalue weighted by molar-refractivity contribution is 0.431. The van der Waals surface area contributed by atoms with Crippen molar-refractivity contribution in [2.45, 2.75) is 0 Å². The van der Waals surface area contributed by atoms with Crippen molar-refractivity contribution in [2.75, 3.05) is 0 Å². The molecular formula is C10H7N5O2. The Labute approximate surface area is 95.1 Å². The van der Waals surface area contributed by atoms with E-state index in [0.717, 1.165) is 0 Å². The molecule has 0 bridgehead atoms. The highest BCUT2D eigenvalue weighted by atomic mass is 16.5. The minimum atomic E-state index is 0.142. The van der Waals surface area contributed by atoms with Crippen molar-refractivity contribution in [3.05, 3.63) is 30.5 Å². The van der Waals surface area contributed by atoms with Gasteiger partial charge in [-0.25, -0.2) is 0 Å². The maximum atomic E-state index is 9.35. The zero-order valence-electron chi connectivity index (χ0n) is 8.53. The number of nitrogens with one attached hydrogen (secondary N) is 1. The van der Waals surface area contributed by atoms with E-state index in [0.29, 0.717) is 23.0 Å². The second kappa shape index (κ2) is 3.71. The lowest BCUT2D eigenvalue weighted by Gasteiger charge is -1.93. The summed E-state index contributed by atoms with van der Waals surface area (Å²) in [5.41, 5.74) is 1.15. The first-order valence-electron chi connectivity index (χ1n) is 4.82. The molecule has 2 heterocycles. The lowest BCUT2D eigenvalue weighted by atomic mass is 10.2. The fourth-order valence-corrected chi connectivity index (χ4v) is 1.39. The molecule has 1 aromatic carbocycles. The van der Waals surface area contributed by atoms with Crippen LogP contribution in [-0.2, 0) is 0 Å². The second-order valence-corrected chi connectivity index (χ2v) is 3.33. The number of hydrogen-bond acceptors (Lipinski definition) is 6. The molecule has 7 nitrogen and oxygen atoms in total. The maximum Gasteiger partial charge on any atom is 0.258 e. The molecule has 17 heavy (non-hydrogen) atoms. The monoisotopic (exact) mass is 229 g/mol. The smallest absolute Gasteiger partial charge is 0.258 e. The molecule has 0 atom stereocenters. The molecule has 0 radical (unpaired) electrons. The number of hydrogen-bond donors (Lipinski definition) is 2. The molecule has 2 aromatic heterocycles. The van der Waals surface area contributed by atoms with Crippen LogP contribution in [0.25, 0.3) is 23.0 Å². The number of rotatable bonds is 2. The Kier molecular flexibility index (Phi) is 2.08. The van der Waals surface area contributed by atoms with Crippen LogP contribution in [0.15, 0.2) is 35.0 Å². The first-order chi connectivity index (χ1) is 8.33. The van der Waals surface area contributed by atoms with Crippen LogP contribution in [0.3, 0.4) is 0 Å². The number of benzene rings is 1. The van der Waals surface area contributed by atoms with Gasteiger partial charge in [-0.2, -0.15) is 20.4 Å². The van der Waals surface area contributed by atoms with Crippen molar-refractivity contribution >= 4 is 0 Å². The summed E-state index contributed by atoms with van der Waals surface area (Å²) in [6.45, 7) is 0. The highest BCUT2D eigenvalue weighted by Gasteiger charge is 2.12. The molecule has 3 rings (SSSR count). The van der Waals surface area contributed by atoms with Gasteiger partial charge in [-0.15, -0.1) is 0 Å². The summed E-state index contributed by atoms with van der Waals surface area (Å²) in [5, 5.41) is 23.1. The SMILES string of the molecule is Oc1cccc(-c2nc(-c3cn[nH]n3)no2)c1. The van der Waals surface area contributed by atoms with Crippen molar-refractivity contribution in [3.63, 3.8) is 0 Å². The molecule has 0 aliphatic rings. The summed E-state index contributed by atoms with van der Waals surface area (Å²) in [4.78, 5) is 4.15. The fourth-order valence-electron chi connectivity index (χ4n) is 1.39. The Morgan fingerprint density at radius 1 is 1.29 bits per heavy atom. The van der Waals surface area contributed by atoms with Gasteiger partial charge in [0.15, 0.2) is 5.69 Å². The molecule has 0 saturated heterocycles. The van der Waals surface area contributed by atoms with E-state index in [-0.39, 0.29) is 5.75 Å². The number of aromatic nitrogens is 5. The van der Waals surface area contributed by atoms with Crippen LogP contribution in [0, 0.1) is 0 Å². The Bertz CT molecular complexity index is 632. The van der Waals surface area contributed by atoms with Crippen molar-refractivity contribution in [3.8, 4) is 28.7 Å². The number of H-pyrrole nitrogens is 1. The molecule has 0 spiro atoms. The van der Waals surface area contributed by atoms with Gasteiger partial charge in [-0.3, -0.25) is 0 Å². The first-order valence-corrected chi connectivity index (χ1v) is 4.82. The van der Waals surface area contributed by atoms with Gasteiger partial charge in [-0.1, -0.05) is 11.2 Å². The predicted octanol–water partition coefficient (Wildman–Crippen LogP) is 1.23. The lowest BCUT2D eigenvalue weighted by Crippen LogP contribution is -1.81. The Hall–Kier alpha value is -2.70. The molecular weight excluding hydrogens is 222 g/mol. The van der Waals surface area contributed by atoms with E-state index in [1.54, 1.807) is 24.3 Å². The molecule has 2 N–H and O–H groups in total. The van der Waals surface area contributed by atoms with Crippen molar-refractivity contribution in [1.29, 1.82) is 0 Å². The summed E-state index contributed by atoms with van der Waals surface area (Å²) < 4.78 is 5.08. The zero-order valence-corrected chi connectivity index (χ0v) is 8.53. The Morgan fingerprint density at radius 2 is 2.24 bits per heavy atom. The summed E-state index contributed by atoms with van der Waals surface area (Å²) in [5.74, 6) is 0.805. The average molecular weight is 229 g/mol. The molecule has 0 aliphatic carbocycles. The molecule has 0 aliphatic heterocycles. The van der Waals surface area contributed by atoms with Crippen LogP contribution in [0.5, 0.6) is 5.75 Å². The molecule has 84 valence electrons. The third-order valence-corrected chi connectivity index (χ3v) is 2.16. The van der Waals surface area contributed by atoms with Gasteiger partial charge < -0.3 is 9.63 Å². The number of phenols is 1. The van der Waals surface area contributed by atoms with Crippen LogP contribution in [0.4, 0.5) is 0 Å². The maximum absolute atomic E-state index is 9.35. The van der Waals surface area contributed by atoms with Crippen LogP contribution in [-0.4, -0.2) is 30.7 Å². The zero-order chi connectivity index (χ0) is 11.7. The van der Waals surface area contributed by atoms with E-state index in [2.05, 4.69) is 25.6 Å². The van der Waals surface area contributed by atoms with Gasteiger partial charge in [0.05, 0.1) is 6.20 Å². The van der Waals surface area contributed by atoms with Gasteiger partial charge >= 0.3 is 0 Å².